The van der Waals surface area contributed by atoms with Crippen molar-refractivity contribution in [3.05, 3.63) is 0 Å². The van der Waals surface area contributed by atoms with Crippen LogP contribution in [-0.4, -0.2) is 52.8 Å². The Kier molecular flexibility index (Phi) is 2.91. The highest BCUT2D eigenvalue weighted by atomic mass is 16.7. The maximum atomic E-state index is 11.8. The minimum absolute atomic E-state index is 0.120. The molecule has 2 fully saturated rings. The van der Waals surface area contributed by atoms with E-state index >= 15 is 0 Å². The zero-order valence-electron chi connectivity index (χ0n) is 9.12. The Bertz CT molecular complexity index is 423. The molecule has 9 nitrogen and oxygen atoms in total. The fourth-order valence-electron chi connectivity index (χ4n) is 1.85. The maximum absolute atomic E-state index is 11.8. The number of carbonyl (C=O) groups is 4. The predicted octanol–water partition coefficient (Wildman–Crippen LogP) is -2.01. The molecule has 1 unspecified atom stereocenters. The Morgan fingerprint density at radius 3 is 2.78 bits per heavy atom. The Hall–Kier alpha value is -2.16. The Balaban J connectivity index is 2.24. The minimum Gasteiger partial charge on any atom is -0.477 e. The lowest BCUT2D eigenvalue weighted by molar-refractivity contribution is -0.256. The first-order valence-corrected chi connectivity index (χ1v) is 5.13. The fraction of sp³-hybridized carbons (Fsp3) is 0.556. The van der Waals surface area contributed by atoms with Crippen LogP contribution in [0, 0.1) is 0 Å². The molecule has 2 atom stereocenters. The van der Waals surface area contributed by atoms with Gasteiger partial charge in [-0.3, -0.25) is 19.2 Å². The van der Waals surface area contributed by atoms with Crippen molar-refractivity contribution < 1.29 is 33.9 Å². The number of carboxylic acids is 1. The van der Waals surface area contributed by atoms with Crippen molar-refractivity contribution in [1.29, 1.82) is 0 Å². The number of esters is 1. The first-order chi connectivity index (χ1) is 8.51. The third kappa shape index (κ3) is 1.68. The monoisotopic (exact) mass is 258 g/mol. The van der Waals surface area contributed by atoms with E-state index in [2.05, 4.69) is 5.32 Å². The number of hydrogen-bond donors (Lipinski definition) is 2. The van der Waals surface area contributed by atoms with Gasteiger partial charge < -0.3 is 15.2 Å². The molecule has 2 heterocycles. The highest BCUT2D eigenvalue weighted by molar-refractivity contribution is 5.92. The average Bonchev–Trinajstić information content (AvgIpc) is 2.86. The standard InChI is InChI=1S/C9H10N2O7/c12-4-10-5-3-17-11(7(5)14)9(8(15)16)2-1-6(13)18-9/h4-5H,1-3H2,(H,10,12)(H,15,16)/t5-,9?/m0/s1. The van der Waals surface area contributed by atoms with Crippen molar-refractivity contribution >= 4 is 24.3 Å². The molecule has 9 heteroatoms. The minimum atomic E-state index is -2.13. The van der Waals surface area contributed by atoms with Crippen molar-refractivity contribution in [1.82, 2.24) is 10.4 Å². The molecular weight excluding hydrogens is 248 g/mol. The second-order valence-corrected chi connectivity index (χ2v) is 3.83. The van der Waals surface area contributed by atoms with Crippen LogP contribution in [0.1, 0.15) is 12.8 Å². The molecule has 0 aromatic rings. The number of carboxylic acid groups (broad SMARTS) is 1. The number of nitrogens with zero attached hydrogens (tertiary/aromatic N) is 1. The molecule has 0 bridgehead atoms. The number of carbonyl (C=O) groups excluding carboxylic acids is 3. The third-order valence-electron chi connectivity index (χ3n) is 2.75. The summed E-state index contributed by atoms with van der Waals surface area (Å²) in [5.74, 6) is -2.98. The first kappa shape index (κ1) is 12.3. The highest BCUT2D eigenvalue weighted by Gasteiger charge is 2.58. The van der Waals surface area contributed by atoms with Gasteiger partial charge >= 0.3 is 17.7 Å². The van der Waals surface area contributed by atoms with Gasteiger partial charge in [0.2, 0.25) is 6.41 Å². The Morgan fingerprint density at radius 1 is 1.56 bits per heavy atom. The van der Waals surface area contributed by atoms with Crippen LogP contribution in [0.15, 0.2) is 0 Å². The number of ether oxygens (including phenoxy) is 1. The van der Waals surface area contributed by atoms with Gasteiger partial charge in [0.25, 0.3) is 5.91 Å². The lowest BCUT2D eigenvalue weighted by Crippen LogP contribution is -2.56. The zero-order chi connectivity index (χ0) is 13.3. The van der Waals surface area contributed by atoms with E-state index in [1.807, 2.05) is 0 Å². The number of aliphatic carboxylic acids is 1. The summed E-state index contributed by atoms with van der Waals surface area (Å²) in [5.41, 5.74) is -2.13. The molecule has 0 saturated carbocycles. The zero-order valence-corrected chi connectivity index (χ0v) is 9.12. The van der Waals surface area contributed by atoms with Crippen molar-refractivity contribution in [3.63, 3.8) is 0 Å². The lowest BCUT2D eigenvalue weighted by atomic mass is 10.1. The molecule has 98 valence electrons. The summed E-state index contributed by atoms with van der Waals surface area (Å²) in [5, 5.41) is 11.8. The number of hydrogen-bond acceptors (Lipinski definition) is 6. The number of cyclic esters (lactones) is 1. The van der Waals surface area contributed by atoms with E-state index in [4.69, 9.17) is 14.7 Å². The molecule has 2 rings (SSSR count). The molecule has 2 aliphatic rings. The normalized spacial score (nSPS) is 31.3. The first-order valence-electron chi connectivity index (χ1n) is 5.13. The predicted molar refractivity (Wildman–Crippen MR) is 51.5 cm³/mol. The quantitative estimate of drug-likeness (QED) is 0.441. The van der Waals surface area contributed by atoms with Gasteiger partial charge in [-0.05, 0) is 0 Å². The Labute approximate surface area is 101 Å². The van der Waals surface area contributed by atoms with E-state index in [0.717, 1.165) is 0 Å². The van der Waals surface area contributed by atoms with E-state index < -0.39 is 29.6 Å². The molecule has 2 aliphatic heterocycles. The van der Waals surface area contributed by atoms with E-state index in [0.29, 0.717) is 11.5 Å². The van der Waals surface area contributed by atoms with Gasteiger partial charge in [0.15, 0.2) is 0 Å². The van der Waals surface area contributed by atoms with Crippen molar-refractivity contribution in [2.45, 2.75) is 24.6 Å². The van der Waals surface area contributed by atoms with Gasteiger partial charge in [0.05, 0.1) is 6.42 Å². The van der Waals surface area contributed by atoms with Crippen LogP contribution in [-0.2, 0) is 28.8 Å². The maximum Gasteiger partial charge on any atom is 0.372 e. The lowest BCUT2D eigenvalue weighted by Gasteiger charge is -2.30. The van der Waals surface area contributed by atoms with Gasteiger partial charge in [0, 0.05) is 6.42 Å². The molecular formula is C9H10N2O7. The summed E-state index contributed by atoms with van der Waals surface area (Å²) in [6.07, 6.45) is -0.00451. The molecule has 0 aliphatic carbocycles. The van der Waals surface area contributed by atoms with Crippen molar-refractivity contribution in [2.75, 3.05) is 6.61 Å². The molecule has 2 saturated heterocycles. The van der Waals surface area contributed by atoms with Gasteiger partial charge in [-0.25, -0.2) is 4.79 Å². The molecule has 2 N–H and O–H groups in total. The van der Waals surface area contributed by atoms with Crippen LogP contribution >= 0.6 is 0 Å². The topological polar surface area (TPSA) is 122 Å². The van der Waals surface area contributed by atoms with Crippen LogP contribution in [0.4, 0.5) is 0 Å². The fourth-order valence-corrected chi connectivity index (χ4v) is 1.85. The second kappa shape index (κ2) is 4.26. The summed E-state index contributed by atoms with van der Waals surface area (Å²) >= 11 is 0. The largest absolute Gasteiger partial charge is 0.477 e. The van der Waals surface area contributed by atoms with Crippen LogP contribution in [0.3, 0.4) is 0 Å². The van der Waals surface area contributed by atoms with Crippen LogP contribution in [0.5, 0.6) is 0 Å². The molecule has 0 aromatic heterocycles. The van der Waals surface area contributed by atoms with Gasteiger partial charge in [-0.15, -0.1) is 0 Å². The highest BCUT2D eigenvalue weighted by Crippen LogP contribution is 2.33. The smallest absolute Gasteiger partial charge is 0.372 e. The summed E-state index contributed by atoms with van der Waals surface area (Å²) in [4.78, 5) is 49.3. The van der Waals surface area contributed by atoms with Crippen LogP contribution in [0.2, 0.25) is 0 Å². The molecule has 0 spiro atoms. The van der Waals surface area contributed by atoms with E-state index in [1.54, 1.807) is 0 Å². The van der Waals surface area contributed by atoms with Gasteiger partial charge in [0.1, 0.15) is 12.6 Å². The average molecular weight is 258 g/mol. The van der Waals surface area contributed by atoms with Crippen molar-refractivity contribution in [2.24, 2.45) is 0 Å². The SMILES string of the molecule is O=CN[C@H]1CON(C2(C(=O)O)CCC(=O)O2)C1=O. The van der Waals surface area contributed by atoms with E-state index in [-0.39, 0.29) is 19.4 Å². The van der Waals surface area contributed by atoms with Gasteiger partial charge in [-0.1, -0.05) is 0 Å². The Morgan fingerprint density at radius 2 is 2.28 bits per heavy atom. The number of amides is 2. The third-order valence-corrected chi connectivity index (χ3v) is 2.75. The second-order valence-electron chi connectivity index (χ2n) is 3.83. The van der Waals surface area contributed by atoms with Crippen molar-refractivity contribution in [3.8, 4) is 0 Å². The number of rotatable bonds is 4. The summed E-state index contributed by atoms with van der Waals surface area (Å²) in [7, 11) is 0. The van der Waals surface area contributed by atoms with E-state index in [1.165, 1.54) is 0 Å². The van der Waals surface area contributed by atoms with E-state index in [9.17, 15) is 19.2 Å². The summed E-state index contributed by atoms with van der Waals surface area (Å²) < 4.78 is 4.72. The molecule has 2 amide bonds. The van der Waals surface area contributed by atoms with Crippen LogP contribution < -0.4 is 5.32 Å². The summed E-state index contributed by atoms with van der Waals surface area (Å²) in [6.45, 7) is -0.204. The molecule has 0 radical (unpaired) electrons. The number of nitrogens with one attached hydrogen (secondary N) is 1. The number of hydroxylamine groups is 2. The molecule has 0 aromatic carbocycles. The van der Waals surface area contributed by atoms with Crippen LogP contribution in [0.25, 0.3) is 0 Å². The van der Waals surface area contributed by atoms with Gasteiger partial charge in [-0.2, -0.15) is 5.06 Å². The molecule has 18 heavy (non-hydrogen) atoms. The summed E-state index contributed by atoms with van der Waals surface area (Å²) in [6, 6.07) is -0.974.